The number of hydrogen-bond acceptors (Lipinski definition) is 6. The minimum Gasteiger partial charge on any atom is -0.359 e. The molecular weight excluding hydrogens is 286 g/mol. The molecule has 0 aliphatic carbocycles. The molecule has 0 spiro atoms. The fourth-order valence-corrected chi connectivity index (χ4v) is 3.69. The van der Waals surface area contributed by atoms with E-state index in [1.807, 2.05) is 6.92 Å². The molecule has 114 valence electrons. The highest BCUT2D eigenvalue weighted by atomic mass is 32.1. The second-order valence-corrected chi connectivity index (χ2v) is 6.48. The molecule has 1 atom stereocenters. The van der Waals surface area contributed by atoms with Crippen molar-refractivity contribution in [3.8, 4) is 0 Å². The van der Waals surface area contributed by atoms with Crippen molar-refractivity contribution in [1.29, 1.82) is 0 Å². The maximum atomic E-state index is 11.8. The van der Waals surface area contributed by atoms with Crippen LogP contribution in [0.2, 0.25) is 0 Å². The van der Waals surface area contributed by atoms with Gasteiger partial charge in [-0.15, -0.1) is 5.10 Å². The molecule has 1 saturated heterocycles. The van der Waals surface area contributed by atoms with E-state index < -0.39 is 0 Å². The molecule has 6 nitrogen and oxygen atoms in total. The van der Waals surface area contributed by atoms with Gasteiger partial charge in [0.15, 0.2) is 0 Å². The van der Waals surface area contributed by atoms with Crippen molar-refractivity contribution in [2.24, 2.45) is 0 Å². The van der Waals surface area contributed by atoms with Gasteiger partial charge in [0, 0.05) is 24.3 Å². The second-order valence-electron chi connectivity index (χ2n) is 5.52. The van der Waals surface area contributed by atoms with E-state index in [2.05, 4.69) is 27.2 Å². The molecule has 0 radical (unpaired) electrons. The zero-order valence-corrected chi connectivity index (χ0v) is 13.3. The van der Waals surface area contributed by atoms with Gasteiger partial charge in [-0.2, -0.15) is 4.52 Å². The van der Waals surface area contributed by atoms with Crippen molar-refractivity contribution in [1.82, 2.24) is 19.5 Å². The third kappa shape index (κ3) is 3.08. The molecule has 7 heteroatoms. The van der Waals surface area contributed by atoms with Crippen LogP contribution in [0.4, 0.5) is 5.13 Å². The van der Waals surface area contributed by atoms with E-state index in [9.17, 15) is 4.79 Å². The molecule has 1 aliphatic heterocycles. The van der Waals surface area contributed by atoms with Crippen molar-refractivity contribution in [2.75, 3.05) is 25.0 Å². The number of hydrogen-bond donors (Lipinski definition) is 1. The minimum absolute atomic E-state index is 0.117. The highest BCUT2D eigenvalue weighted by molar-refractivity contribution is 7.20. The summed E-state index contributed by atoms with van der Waals surface area (Å²) in [6.45, 7) is 7.30. The lowest BCUT2D eigenvalue weighted by atomic mass is 10.2. The lowest BCUT2D eigenvalue weighted by molar-refractivity contribution is 0.246. The number of likely N-dealkylation sites (tertiary alicyclic amines) is 1. The lowest BCUT2D eigenvalue weighted by Gasteiger charge is -2.26. The van der Waals surface area contributed by atoms with Gasteiger partial charge in [-0.25, -0.2) is 4.98 Å². The van der Waals surface area contributed by atoms with Gasteiger partial charge in [-0.1, -0.05) is 18.3 Å². The van der Waals surface area contributed by atoms with Crippen molar-refractivity contribution < 1.29 is 0 Å². The van der Waals surface area contributed by atoms with Gasteiger partial charge in [0.25, 0.3) is 5.56 Å². The Hall–Kier alpha value is -1.47. The van der Waals surface area contributed by atoms with E-state index in [-0.39, 0.29) is 5.56 Å². The van der Waals surface area contributed by atoms with Gasteiger partial charge in [0.05, 0.1) is 0 Å². The summed E-state index contributed by atoms with van der Waals surface area (Å²) in [5, 5.41) is 8.46. The molecule has 1 N–H and O–H groups in total. The predicted octanol–water partition coefficient (Wildman–Crippen LogP) is 1.75. The third-order valence-corrected chi connectivity index (χ3v) is 4.86. The molecule has 1 aliphatic rings. The zero-order chi connectivity index (χ0) is 14.8. The standard InChI is InChI=1S/C14H21N5OS/c1-3-11(18-6-4-5-7-18)9-15-13-17-19-12(20)8-10(2)16-14(19)21-13/h8,11H,3-7,9H2,1-2H3,(H,15,17). The number of anilines is 1. The molecular formula is C14H21N5OS. The number of nitrogens with one attached hydrogen (secondary N) is 1. The minimum atomic E-state index is -0.117. The molecule has 1 fully saturated rings. The first-order valence-corrected chi connectivity index (χ1v) is 8.34. The van der Waals surface area contributed by atoms with Crippen molar-refractivity contribution in [2.45, 2.75) is 39.2 Å². The monoisotopic (exact) mass is 307 g/mol. The molecule has 3 heterocycles. The molecule has 0 bridgehead atoms. The predicted molar refractivity (Wildman–Crippen MR) is 85.2 cm³/mol. The van der Waals surface area contributed by atoms with Crippen LogP contribution in [0, 0.1) is 6.92 Å². The molecule has 2 aromatic rings. The molecule has 1 unspecified atom stereocenters. The first-order chi connectivity index (χ1) is 10.2. The van der Waals surface area contributed by atoms with Crippen LogP contribution >= 0.6 is 11.3 Å². The summed E-state index contributed by atoms with van der Waals surface area (Å²) < 4.78 is 1.37. The van der Waals surface area contributed by atoms with Crippen molar-refractivity contribution in [3.05, 3.63) is 22.1 Å². The van der Waals surface area contributed by atoms with E-state index in [1.54, 1.807) is 0 Å². The van der Waals surface area contributed by atoms with Crippen LogP contribution in [0.5, 0.6) is 0 Å². The summed E-state index contributed by atoms with van der Waals surface area (Å²) in [5.74, 6) is 0. The maximum absolute atomic E-state index is 11.8. The Morgan fingerprint density at radius 2 is 2.19 bits per heavy atom. The molecule has 0 aromatic carbocycles. The number of aryl methyl sites for hydroxylation is 1. The molecule has 21 heavy (non-hydrogen) atoms. The quantitative estimate of drug-likeness (QED) is 0.912. The zero-order valence-electron chi connectivity index (χ0n) is 12.5. The SMILES string of the molecule is CCC(CNc1nn2c(=O)cc(C)nc2s1)N1CCCC1. The van der Waals surface area contributed by atoms with Crippen LogP contribution in [0.15, 0.2) is 10.9 Å². The number of fused-ring (bicyclic) bond motifs is 1. The number of nitrogens with zero attached hydrogens (tertiary/aromatic N) is 4. The highest BCUT2D eigenvalue weighted by Crippen LogP contribution is 2.18. The third-order valence-electron chi connectivity index (χ3n) is 3.99. The Balaban J connectivity index is 1.72. The van der Waals surface area contributed by atoms with Crippen LogP contribution in [0.25, 0.3) is 4.96 Å². The van der Waals surface area contributed by atoms with Gasteiger partial charge >= 0.3 is 0 Å². The Morgan fingerprint density at radius 1 is 1.43 bits per heavy atom. The van der Waals surface area contributed by atoms with Crippen molar-refractivity contribution in [3.63, 3.8) is 0 Å². The van der Waals surface area contributed by atoms with Gasteiger partial charge < -0.3 is 5.32 Å². The Kier molecular flexibility index (Phi) is 4.21. The van der Waals surface area contributed by atoms with Gasteiger partial charge in [-0.3, -0.25) is 9.69 Å². The Labute approximate surface area is 127 Å². The molecule has 2 aromatic heterocycles. The van der Waals surface area contributed by atoms with Gasteiger partial charge in [0.1, 0.15) is 0 Å². The van der Waals surface area contributed by atoms with Crippen LogP contribution in [-0.2, 0) is 0 Å². The summed E-state index contributed by atoms with van der Waals surface area (Å²) in [5.41, 5.74) is 0.618. The number of aromatic nitrogens is 3. The largest absolute Gasteiger partial charge is 0.359 e. The fourth-order valence-electron chi connectivity index (χ4n) is 2.84. The number of rotatable bonds is 5. The average molecular weight is 307 g/mol. The fraction of sp³-hybridized carbons (Fsp3) is 0.643. The lowest BCUT2D eigenvalue weighted by Crippen LogP contribution is -2.37. The average Bonchev–Trinajstić information content (AvgIpc) is 3.08. The normalized spacial score (nSPS) is 17.4. The summed E-state index contributed by atoms with van der Waals surface area (Å²) in [7, 11) is 0. The van der Waals surface area contributed by atoms with Gasteiger partial charge in [-0.05, 0) is 39.3 Å². The van der Waals surface area contributed by atoms with E-state index in [4.69, 9.17) is 0 Å². The van der Waals surface area contributed by atoms with E-state index in [0.717, 1.165) is 23.8 Å². The Morgan fingerprint density at radius 3 is 2.90 bits per heavy atom. The van der Waals surface area contributed by atoms with Crippen LogP contribution in [0.3, 0.4) is 0 Å². The van der Waals surface area contributed by atoms with Crippen LogP contribution in [0.1, 0.15) is 31.9 Å². The first kappa shape index (κ1) is 14.5. The summed E-state index contributed by atoms with van der Waals surface area (Å²) >= 11 is 1.43. The summed E-state index contributed by atoms with van der Waals surface area (Å²) in [4.78, 5) is 19.4. The van der Waals surface area contributed by atoms with Crippen LogP contribution in [-0.4, -0.2) is 45.2 Å². The Bertz CT molecular complexity index is 674. The topological polar surface area (TPSA) is 62.5 Å². The van der Waals surface area contributed by atoms with Crippen LogP contribution < -0.4 is 10.9 Å². The molecule has 0 amide bonds. The second kappa shape index (κ2) is 6.11. The summed E-state index contributed by atoms with van der Waals surface area (Å²) in [6, 6.07) is 2.04. The van der Waals surface area contributed by atoms with Gasteiger partial charge in [0.2, 0.25) is 10.1 Å². The molecule has 0 saturated carbocycles. The van der Waals surface area contributed by atoms with Crippen molar-refractivity contribution >= 4 is 21.4 Å². The van der Waals surface area contributed by atoms with E-state index >= 15 is 0 Å². The maximum Gasteiger partial charge on any atom is 0.275 e. The van der Waals surface area contributed by atoms with E-state index in [0.29, 0.717) is 11.0 Å². The smallest absolute Gasteiger partial charge is 0.275 e. The highest BCUT2D eigenvalue weighted by Gasteiger charge is 2.20. The van der Waals surface area contributed by atoms with E-state index in [1.165, 1.54) is 47.8 Å². The summed E-state index contributed by atoms with van der Waals surface area (Å²) in [6.07, 6.45) is 3.72. The molecule has 3 rings (SSSR count). The first-order valence-electron chi connectivity index (χ1n) is 7.53.